The molecule has 0 atom stereocenters. The second kappa shape index (κ2) is 3.18. The van der Waals surface area contributed by atoms with Gasteiger partial charge in [0, 0.05) is 5.54 Å². The zero-order chi connectivity index (χ0) is 11.1. The monoisotopic (exact) mass is 206 g/mol. The van der Waals surface area contributed by atoms with E-state index in [0.29, 0.717) is 11.4 Å². The normalized spacial score (nSPS) is 12.0. The SMILES string of the molecule is COc1ncnc2c1ncn2C(C)(C)C. The van der Waals surface area contributed by atoms with Gasteiger partial charge in [-0.05, 0) is 20.8 Å². The quantitative estimate of drug-likeness (QED) is 0.711. The predicted molar refractivity (Wildman–Crippen MR) is 56.9 cm³/mol. The van der Waals surface area contributed by atoms with Gasteiger partial charge in [0.2, 0.25) is 5.88 Å². The van der Waals surface area contributed by atoms with Crippen LogP contribution in [-0.2, 0) is 5.54 Å². The molecule has 0 aliphatic carbocycles. The van der Waals surface area contributed by atoms with Crippen LogP contribution in [0.3, 0.4) is 0 Å². The van der Waals surface area contributed by atoms with E-state index in [1.165, 1.54) is 6.33 Å². The Balaban J connectivity index is 2.72. The maximum Gasteiger partial charge on any atom is 0.245 e. The van der Waals surface area contributed by atoms with Crippen molar-refractivity contribution in [2.24, 2.45) is 0 Å². The molecule has 5 heteroatoms. The zero-order valence-electron chi connectivity index (χ0n) is 9.35. The number of imidazole rings is 1. The van der Waals surface area contributed by atoms with Crippen molar-refractivity contribution in [2.45, 2.75) is 26.3 Å². The van der Waals surface area contributed by atoms with Crippen LogP contribution in [0.2, 0.25) is 0 Å². The van der Waals surface area contributed by atoms with E-state index in [-0.39, 0.29) is 5.54 Å². The van der Waals surface area contributed by atoms with Crippen molar-refractivity contribution in [3.63, 3.8) is 0 Å². The number of methoxy groups -OCH3 is 1. The third-order valence-electron chi connectivity index (χ3n) is 2.22. The van der Waals surface area contributed by atoms with E-state index in [1.807, 2.05) is 4.57 Å². The third kappa shape index (κ3) is 1.54. The highest BCUT2D eigenvalue weighted by Gasteiger charge is 2.18. The molecule has 0 bridgehead atoms. The standard InChI is InChI=1S/C10H14N4O/c1-10(2,3)14-6-13-7-8(14)11-5-12-9(7)15-4/h5-6H,1-4H3. The number of nitrogens with zero attached hydrogens (tertiary/aromatic N) is 4. The molecule has 0 radical (unpaired) electrons. The summed E-state index contributed by atoms with van der Waals surface area (Å²) in [5, 5.41) is 0. The Morgan fingerprint density at radius 2 is 1.93 bits per heavy atom. The van der Waals surface area contributed by atoms with Crippen LogP contribution in [0.4, 0.5) is 0 Å². The maximum absolute atomic E-state index is 5.13. The molecule has 0 amide bonds. The Bertz CT molecular complexity index is 484. The van der Waals surface area contributed by atoms with E-state index in [0.717, 1.165) is 5.65 Å². The summed E-state index contributed by atoms with van der Waals surface area (Å²) in [4.78, 5) is 12.5. The summed E-state index contributed by atoms with van der Waals surface area (Å²) in [6, 6.07) is 0. The highest BCUT2D eigenvalue weighted by atomic mass is 16.5. The number of ether oxygens (including phenoxy) is 1. The Labute approximate surface area is 88.1 Å². The van der Waals surface area contributed by atoms with Crippen LogP contribution in [-0.4, -0.2) is 26.6 Å². The molecule has 15 heavy (non-hydrogen) atoms. The third-order valence-corrected chi connectivity index (χ3v) is 2.22. The van der Waals surface area contributed by atoms with Crippen molar-refractivity contribution in [3.8, 4) is 5.88 Å². The van der Waals surface area contributed by atoms with Gasteiger partial charge in [0.1, 0.15) is 6.33 Å². The summed E-state index contributed by atoms with van der Waals surface area (Å²) in [7, 11) is 1.58. The van der Waals surface area contributed by atoms with Crippen molar-refractivity contribution in [1.82, 2.24) is 19.5 Å². The molecule has 0 fully saturated rings. The van der Waals surface area contributed by atoms with E-state index in [2.05, 4.69) is 35.7 Å². The molecule has 2 rings (SSSR count). The minimum Gasteiger partial charge on any atom is -0.479 e. The van der Waals surface area contributed by atoms with Gasteiger partial charge in [0.15, 0.2) is 11.2 Å². The van der Waals surface area contributed by atoms with Gasteiger partial charge in [0.05, 0.1) is 13.4 Å². The van der Waals surface area contributed by atoms with Crippen molar-refractivity contribution < 1.29 is 4.74 Å². The molecule has 0 aromatic carbocycles. The molecule has 2 heterocycles. The fourth-order valence-electron chi connectivity index (χ4n) is 1.45. The van der Waals surface area contributed by atoms with Gasteiger partial charge in [0.25, 0.3) is 0 Å². The molecule has 0 spiro atoms. The lowest BCUT2D eigenvalue weighted by Crippen LogP contribution is -2.21. The second-order valence-corrected chi connectivity index (χ2v) is 4.34. The molecule has 0 saturated heterocycles. The molecule has 80 valence electrons. The first-order chi connectivity index (χ1) is 7.04. The smallest absolute Gasteiger partial charge is 0.245 e. The van der Waals surface area contributed by atoms with Gasteiger partial charge < -0.3 is 9.30 Å². The summed E-state index contributed by atoms with van der Waals surface area (Å²) in [6.45, 7) is 6.30. The highest BCUT2D eigenvalue weighted by Crippen LogP contribution is 2.24. The van der Waals surface area contributed by atoms with E-state index < -0.39 is 0 Å². The Kier molecular flexibility index (Phi) is 2.10. The molecule has 5 nitrogen and oxygen atoms in total. The maximum atomic E-state index is 5.13. The van der Waals surface area contributed by atoms with Crippen LogP contribution in [0, 0.1) is 0 Å². The van der Waals surface area contributed by atoms with Gasteiger partial charge in [-0.15, -0.1) is 0 Å². The Hall–Kier alpha value is -1.65. The zero-order valence-corrected chi connectivity index (χ0v) is 9.35. The molecular weight excluding hydrogens is 192 g/mol. The highest BCUT2D eigenvalue weighted by molar-refractivity contribution is 5.76. The van der Waals surface area contributed by atoms with Crippen LogP contribution in [0.1, 0.15) is 20.8 Å². The minimum absolute atomic E-state index is 0.0475. The average molecular weight is 206 g/mol. The van der Waals surface area contributed by atoms with Crippen molar-refractivity contribution >= 4 is 11.2 Å². The summed E-state index contributed by atoms with van der Waals surface area (Å²) in [5.41, 5.74) is 1.46. The first kappa shape index (κ1) is 9.89. The molecule has 2 aromatic heterocycles. The molecule has 0 aliphatic heterocycles. The van der Waals surface area contributed by atoms with Crippen LogP contribution in [0.15, 0.2) is 12.7 Å². The van der Waals surface area contributed by atoms with Gasteiger partial charge in [-0.3, -0.25) is 0 Å². The first-order valence-electron chi connectivity index (χ1n) is 4.76. The van der Waals surface area contributed by atoms with Crippen LogP contribution >= 0.6 is 0 Å². The second-order valence-electron chi connectivity index (χ2n) is 4.34. The van der Waals surface area contributed by atoms with E-state index in [9.17, 15) is 0 Å². The minimum atomic E-state index is -0.0475. The van der Waals surface area contributed by atoms with Gasteiger partial charge >= 0.3 is 0 Å². The van der Waals surface area contributed by atoms with Crippen LogP contribution in [0.25, 0.3) is 11.2 Å². The lowest BCUT2D eigenvalue weighted by molar-refractivity contribution is 0.399. The number of hydrogen-bond acceptors (Lipinski definition) is 4. The predicted octanol–water partition coefficient (Wildman–Crippen LogP) is 1.59. The molecule has 0 unspecified atom stereocenters. The van der Waals surface area contributed by atoms with Crippen molar-refractivity contribution in [2.75, 3.05) is 7.11 Å². The van der Waals surface area contributed by atoms with E-state index in [4.69, 9.17) is 4.74 Å². The largest absolute Gasteiger partial charge is 0.479 e. The Morgan fingerprint density at radius 1 is 1.20 bits per heavy atom. The lowest BCUT2D eigenvalue weighted by atomic mass is 10.1. The number of fused-ring (bicyclic) bond motifs is 1. The van der Waals surface area contributed by atoms with Crippen LogP contribution < -0.4 is 4.74 Å². The van der Waals surface area contributed by atoms with Gasteiger partial charge in [-0.1, -0.05) is 0 Å². The number of rotatable bonds is 1. The first-order valence-corrected chi connectivity index (χ1v) is 4.76. The number of aromatic nitrogens is 4. The topological polar surface area (TPSA) is 52.8 Å². The molecular formula is C10H14N4O. The summed E-state index contributed by atoms with van der Waals surface area (Å²) in [6.07, 6.45) is 3.26. The van der Waals surface area contributed by atoms with Crippen molar-refractivity contribution in [1.29, 1.82) is 0 Å². The lowest BCUT2D eigenvalue weighted by Gasteiger charge is -2.20. The molecule has 0 aliphatic rings. The fourth-order valence-corrected chi connectivity index (χ4v) is 1.45. The van der Waals surface area contributed by atoms with Gasteiger partial charge in [-0.25, -0.2) is 9.97 Å². The summed E-state index contributed by atoms with van der Waals surface area (Å²) in [5.74, 6) is 0.517. The van der Waals surface area contributed by atoms with Crippen molar-refractivity contribution in [3.05, 3.63) is 12.7 Å². The molecule has 0 saturated carbocycles. The summed E-state index contributed by atoms with van der Waals surface area (Å²) < 4.78 is 7.13. The number of hydrogen-bond donors (Lipinski definition) is 0. The Morgan fingerprint density at radius 3 is 2.53 bits per heavy atom. The van der Waals surface area contributed by atoms with Crippen LogP contribution in [0.5, 0.6) is 5.88 Å². The molecule has 2 aromatic rings. The van der Waals surface area contributed by atoms with Gasteiger partial charge in [-0.2, -0.15) is 4.98 Å². The molecule has 0 N–H and O–H groups in total. The van der Waals surface area contributed by atoms with E-state index in [1.54, 1.807) is 13.4 Å². The average Bonchev–Trinajstić information content (AvgIpc) is 2.59. The fraction of sp³-hybridized carbons (Fsp3) is 0.500. The summed E-state index contributed by atoms with van der Waals surface area (Å²) >= 11 is 0. The van der Waals surface area contributed by atoms with E-state index >= 15 is 0 Å².